The molecule has 0 saturated carbocycles. The van der Waals surface area contributed by atoms with Crippen molar-refractivity contribution in [3.63, 3.8) is 0 Å². The molecular formula is C8H18O2Si. The van der Waals surface area contributed by atoms with Gasteiger partial charge in [-0.1, -0.05) is 19.8 Å². The predicted octanol–water partition coefficient (Wildman–Crippen LogP) is 2.21. The molecule has 0 rings (SSSR count). The average molecular weight is 174 g/mol. The third-order valence-corrected chi connectivity index (χ3v) is 4.18. The van der Waals surface area contributed by atoms with Crippen molar-refractivity contribution in [2.75, 3.05) is 6.61 Å². The molecule has 0 radical (unpaired) electrons. The van der Waals surface area contributed by atoms with Crippen molar-refractivity contribution >= 4 is 14.6 Å². The van der Waals surface area contributed by atoms with Crippen LogP contribution in [-0.4, -0.2) is 21.2 Å². The van der Waals surface area contributed by atoms with E-state index in [-0.39, 0.29) is 6.61 Å². The second kappa shape index (κ2) is 5.49. The highest BCUT2D eigenvalue weighted by molar-refractivity contribution is 6.71. The fourth-order valence-corrected chi connectivity index (χ4v) is 2.80. The lowest BCUT2D eigenvalue weighted by atomic mass is 10.4. The SMILES string of the molecule is CCCC[Si](C)(C)OCC=O. The van der Waals surface area contributed by atoms with Gasteiger partial charge in [0.05, 0.1) is 6.61 Å². The molecule has 0 amide bonds. The topological polar surface area (TPSA) is 26.3 Å². The number of carbonyl (C=O) groups is 1. The van der Waals surface area contributed by atoms with Crippen molar-refractivity contribution in [3.8, 4) is 0 Å². The molecule has 0 aromatic rings. The first-order valence-corrected chi connectivity index (χ1v) is 7.31. The maximum atomic E-state index is 10.0. The molecule has 0 atom stereocenters. The number of aldehydes is 1. The maximum Gasteiger partial charge on any atom is 0.187 e. The summed E-state index contributed by atoms with van der Waals surface area (Å²) >= 11 is 0. The van der Waals surface area contributed by atoms with Crippen LogP contribution in [0.2, 0.25) is 19.1 Å². The van der Waals surface area contributed by atoms with Crippen molar-refractivity contribution in [2.45, 2.75) is 38.9 Å². The fourth-order valence-electron chi connectivity index (χ4n) is 0.934. The second-order valence-electron chi connectivity index (χ2n) is 3.34. The number of unbranched alkanes of at least 4 members (excludes halogenated alkanes) is 1. The number of rotatable bonds is 6. The zero-order valence-corrected chi connectivity index (χ0v) is 8.72. The van der Waals surface area contributed by atoms with E-state index in [4.69, 9.17) is 4.43 Å². The molecule has 0 saturated heterocycles. The smallest absolute Gasteiger partial charge is 0.187 e. The maximum absolute atomic E-state index is 10.0. The first-order valence-electron chi connectivity index (χ1n) is 4.20. The Bertz CT molecular complexity index is 113. The van der Waals surface area contributed by atoms with E-state index in [0.717, 1.165) is 12.3 Å². The monoisotopic (exact) mass is 174 g/mol. The summed E-state index contributed by atoms with van der Waals surface area (Å²) in [6.45, 7) is 6.77. The van der Waals surface area contributed by atoms with Crippen molar-refractivity contribution in [2.24, 2.45) is 0 Å². The minimum absolute atomic E-state index is 0.281. The van der Waals surface area contributed by atoms with Gasteiger partial charge in [-0.25, -0.2) is 0 Å². The zero-order chi connectivity index (χ0) is 8.74. The Hall–Kier alpha value is -0.153. The van der Waals surface area contributed by atoms with E-state index < -0.39 is 8.32 Å². The minimum Gasteiger partial charge on any atom is -0.410 e. The molecule has 0 unspecified atom stereocenters. The quantitative estimate of drug-likeness (QED) is 0.456. The highest BCUT2D eigenvalue weighted by Gasteiger charge is 2.20. The molecule has 0 aromatic carbocycles. The molecule has 66 valence electrons. The van der Waals surface area contributed by atoms with Crippen molar-refractivity contribution in [1.29, 1.82) is 0 Å². The third-order valence-electron chi connectivity index (χ3n) is 1.67. The molecule has 0 aromatic heterocycles. The molecule has 0 fully saturated rings. The van der Waals surface area contributed by atoms with E-state index in [0.29, 0.717) is 0 Å². The molecule has 0 spiro atoms. The van der Waals surface area contributed by atoms with Crippen LogP contribution in [0.1, 0.15) is 19.8 Å². The van der Waals surface area contributed by atoms with Gasteiger partial charge in [-0.3, -0.25) is 0 Å². The number of hydrogen-bond donors (Lipinski definition) is 0. The van der Waals surface area contributed by atoms with Gasteiger partial charge >= 0.3 is 0 Å². The van der Waals surface area contributed by atoms with Gasteiger partial charge in [0, 0.05) is 0 Å². The van der Waals surface area contributed by atoms with Crippen LogP contribution < -0.4 is 0 Å². The molecule has 0 aliphatic heterocycles. The van der Waals surface area contributed by atoms with Crippen molar-refractivity contribution in [3.05, 3.63) is 0 Å². The summed E-state index contributed by atoms with van der Waals surface area (Å²) in [4.78, 5) is 10.0. The summed E-state index contributed by atoms with van der Waals surface area (Å²) in [5, 5.41) is 0. The first-order chi connectivity index (χ1) is 5.12. The van der Waals surface area contributed by atoms with Crippen LogP contribution >= 0.6 is 0 Å². The fraction of sp³-hybridized carbons (Fsp3) is 0.875. The van der Waals surface area contributed by atoms with Gasteiger partial charge in [-0.2, -0.15) is 0 Å². The summed E-state index contributed by atoms with van der Waals surface area (Å²) in [6.07, 6.45) is 3.26. The molecule has 0 aliphatic carbocycles. The van der Waals surface area contributed by atoms with E-state index >= 15 is 0 Å². The molecular weight excluding hydrogens is 156 g/mol. The summed E-state index contributed by atoms with van der Waals surface area (Å²) in [5.41, 5.74) is 0. The highest BCUT2D eigenvalue weighted by Crippen LogP contribution is 2.14. The molecule has 0 bridgehead atoms. The van der Waals surface area contributed by atoms with Crippen molar-refractivity contribution in [1.82, 2.24) is 0 Å². The number of carbonyl (C=O) groups excluding carboxylic acids is 1. The Morgan fingerprint density at radius 1 is 1.45 bits per heavy atom. The summed E-state index contributed by atoms with van der Waals surface area (Å²) in [7, 11) is -1.48. The summed E-state index contributed by atoms with van der Waals surface area (Å²) < 4.78 is 5.45. The van der Waals surface area contributed by atoms with Crippen LogP contribution in [0, 0.1) is 0 Å². The molecule has 3 heteroatoms. The Kier molecular flexibility index (Phi) is 5.41. The van der Waals surface area contributed by atoms with E-state index in [2.05, 4.69) is 20.0 Å². The molecule has 11 heavy (non-hydrogen) atoms. The summed E-state index contributed by atoms with van der Waals surface area (Å²) in [5.74, 6) is 0. The molecule has 2 nitrogen and oxygen atoms in total. The van der Waals surface area contributed by atoms with Gasteiger partial charge in [0.25, 0.3) is 0 Å². The van der Waals surface area contributed by atoms with Gasteiger partial charge in [0.1, 0.15) is 6.29 Å². The first kappa shape index (κ1) is 10.8. The van der Waals surface area contributed by atoms with Crippen LogP contribution in [0.4, 0.5) is 0 Å². The number of hydrogen-bond acceptors (Lipinski definition) is 2. The van der Waals surface area contributed by atoms with Gasteiger partial charge in [0.2, 0.25) is 0 Å². The third kappa shape index (κ3) is 6.25. The van der Waals surface area contributed by atoms with Crippen LogP contribution in [0.3, 0.4) is 0 Å². The lowest BCUT2D eigenvalue weighted by molar-refractivity contribution is -0.109. The average Bonchev–Trinajstić information content (AvgIpc) is 1.97. The van der Waals surface area contributed by atoms with Crippen LogP contribution in [0.25, 0.3) is 0 Å². The van der Waals surface area contributed by atoms with Crippen LogP contribution in [0.15, 0.2) is 0 Å². The van der Waals surface area contributed by atoms with E-state index in [1.165, 1.54) is 12.8 Å². The van der Waals surface area contributed by atoms with E-state index in [1.807, 2.05) is 0 Å². The Morgan fingerprint density at radius 2 is 2.09 bits per heavy atom. The predicted molar refractivity (Wildman–Crippen MR) is 49.2 cm³/mol. The lowest BCUT2D eigenvalue weighted by Crippen LogP contribution is -2.30. The highest BCUT2D eigenvalue weighted by atomic mass is 28.4. The standard InChI is InChI=1S/C8H18O2Si/c1-4-5-8-11(2,3)10-7-6-9/h6H,4-5,7-8H2,1-3H3. The van der Waals surface area contributed by atoms with Gasteiger partial charge in [-0.05, 0) is 19.1 Å². The summed E-state index contributed by atoms with van der Waals surface area (Å²) in [6, 6.07) is 1.16. The van der Waals surface area contributed by atoms with E-state index in [9.17, 15) is 4.79 Å². The molecule has 0 N–H and O–H groups in total. The Morgan fingerprint density at radius 3 is 2.55 bits per heavy atom. The van der Waals surface area contributed by atoms with Crippen molar-refractivity contribution < 1.29 is 9.22 Å². The lowest BCUT2D eigenvalue weighted by Gasteiger charge is -2.20. The second-order valence-corrected chi connectivity index (χ2v) is 7.65. The van der Waals surface area contributed by atoms with Gasteiger partial charge in [-0.15, -0.1) is 0 Å². The Balaban J connectivity index is 3.51. The van der Waals surface area contributed by atoms with Crippen LogP contribution in [0.5, 0.6) is 0 Å². The van der Waals surface area contributed by atoms with Gasteiger partial charge in [0.15, 0.2) is 8.32 Å². The largest absolute Gasteiger partial charge is 0.410 e. The molecule has 0 aliphatic rings. The molecule has 0 heterocycles. The zero-order valence-electron chi connectivity index (χ0n) is 7.72. The normalized spacial score (nSPS) is 11.5. The van der Waals surface area contributed by atoms with E-state index in [1.54, 1.807) is 0 Å². The minimum atomic E-state index is -1.48. The van der Waals surface area contributed by atoms with Crippen LogP contribution in [-0.2, 0) is 9.22 Å². The Labute approximate surface area is 70.1 Å². The van der Waals surface area contributed by atoms with Gasteiger partial charge < -0.3 is 9.22 Å².